The van der Waals surface area contributed by atoms with Gasteiger partial charge in [-0.1, -0.05) is 13.8 Å². The Hall–Kier alpha value is -0.780. The van der Waals surface area contributed by atoms with E-state index >= 15 is 0 Å². The fourth-order valence-electron chi connectivity index (χ4n) is 0.851. The minimum absolute atomic E-state index is 0.249. The smallest absolute Gasteiger partial charge is 0.411 e. The molecule has 1 atom stereocenters. The summed E-state index contributed by atoms with van der Waals surface area (Å²) in [6.07, 6.45) is -4.40. The maximum atomic E-state index is 11.6. The van der Waals surface area contributed by atoms with Crippen LogP contribution in [0.4, 0.5) is 13.2 Å². The maximum absolute atomic E-state index is 11.6. The van der Waals surface area contributed by atoms with E-state index in [2.05, 4.69) is 4.74 Å². The number of aliphatic carboxylic acids is 1. The van der Waals surface area contributed by atoms with Crippen LogP contribution in [0.3, 0.4) is 0 Å². The van der Waals surface area contributed by atoms with Crippen molar-refractivity contribution in [2.45, 2.75) is 20.0 Å². The quantitative estimate of drug-likeness (QED) is 0.760. The minimum Gasteiger partial charge on any atom is -0.481 e. The molecule has 0 saturated carbocycles. The lowest BCUT2D eigenvalue weighted by atomic mass is 9.97. The van der Waals surface area contributed by atoms with Crippen LogP contribution >= 0.6 is 0 Å². The molecule has 3 nitrogen and oxygen atoms in total. The summed E-state index contributed by atoms with van der Waals surface area (Å²) in [6, 6.07) is 0. The van der Waals surface area contributed by atoms with Gasteiger partial charge in [-0.05, 0) is 5.92 Å². The fraction of sp³-hybridized carbons (Fsp3) is 0.875. The topological polar surface area (TPSA) is 46.5 Å². The Morgan fingerprint density at radius 2 is 1.93 bits per heavy atom. The summed E-state index contributed by atoms with van der Waals surface area (Å²) in [6.45, 7) is 1.43. The van der Waals surface area contributed by atoms with E-state index in [1.807, 2.05) is 0 Å². The number of rotatable bonds is 5. The second-order valence-electron chi connectivity index (χ2n) is 3.32. The molecule has 0 spiro atoms. The maximum Gasteiger partial charge on any atom is 0.411 e. The van der Waals surface area contributed by atoms with Gasteiger partial charge in [0.25, 0.3) is 0 Å². The van der Waals surface area contributed by atoms with E-state index in [9.17, 15) is 18.0 Å². The largest absolute Gasteiger partial charge is 0.481 e. The Bertz CT molecular complexity index is 189. The summed E-state index contributed by atoms with van der Waals surface area (Å²) in [5.41, 5.74) is 0. The van der Waals surface area contributed by atoms with Gasteiger partial charge in [0.15, 0.2) is 0 Å². The molecule has 0 bridgehead atoms. The molecule has 0 saturated heterocycles. The monoisotopic (exact) mass is 214 g/mol. The number of hydrogen-bond donors (Lipinski definition) is 1. The summed E-state index contributed by atoms with van der Waals surface area (Å²) in [5, 5.41) is 8.61. The molecule has 0 aliphatic rings. The zero-order valence-electron chi connectivity index (χ0n) is 7.97. The Morgan fingerprint density at radius 1 is 1.43 bits per heavy atom. The van der Waals surface area contributed by atoms with E-state index in [1.165, 1.54) is 0 Å². The Kier molecular flexibility index (Phi) is 4.90. The summed E-state index contributed by atoms with van der Waals surface area (Å²) in [5.74, 6) is -2.28. The third-order valence-corrected chi connectivity index (χ3v) is 1.69. The van der Waals surface area contributed by atoms with Crippen molar-refractivity contribution in [3.8, 4) is 0 Å². The highest BCUT2D eigenvalue weighted by atomic mass is 19.4. The van der Waals surface area contributed by atoms with Crippen molar-refractivity contribution in [1.29, 1.82) is 0 Å². The fourth-order valence-corrected chi connectivity index (χ4v) is 0.851. The van der Waals surface area contributed by atoms with Crippen molar-refractivity contribution < 1.29 is 27.8 Å². The van der Waals surface area contributed by atoms with Crippen molar-refractivity contribution in [2.24, 2.45) is 11.8 Å². The molecule has 0 amide bonds. The van der Waals surface area contributed by atoms with Crippen LogP contribution in [0.1, 0.15) is 13.8 Å². The lowest BCUT2D eigenvalue weighted by molar-refractivity contribution is -0.181. The summed E-state index contributed by atoms with van der Waals surface area (Å²) in [7, 11) is 0. The molecule has 0 aliphatic heterocycles. The van der Waals surface area contributed by atoms with Crippen molar-refractivity contribution in [3.63, 3.8) is 0 Å². The van der Waals surface area contributed by atoms with E-state index in [0.29, 0.717) is 0 Å². The first-order chi connectivity index (χ1) is 6.24. The Morgan fingerprint density at radius 3 is 2.21 bits per heavy atom. The average Bonchev–Trinajstić information content (AvgIpc) is 1.94. The van der Waals surface area contributed by atoms with E-state index in [0.717, 1.165) is 0 Å². The molecule has 84 valence electrons. The number of hydrogen-bond acceptors (Lipinski definition) is 2. The molecule has 0 radical (unpaired) electrons. The van der Waals surface area contributed by atoms with E-state index in [4.69, 9.17) is 5.11 Å². The molecule has 0 aromatic carbocycles. The van der Waals surface area contributed by atoms with Crippen LogP contribution in [0, 0.1) is 11.8 Å². The summed E-state index contributed by atoms with van der Waals surface area (Å²) < 4.78 is 39.2. The predicted octanol–water partition coefficient (Wildman–Crippen LogP) is 1.92. The van der Waals surface area contributed by atoms with Crippen molar-refractivity contribution in [1.82, 2.24) is 0 Å². The van der Waals surface area contributed by atoms with Crippen LogP contribution in [0.25, 0.3) is 0 Å². The van der Waals surface area contributed by atoms with Gasteiger partial charge in [0.2, 0.25) is 0 Å². The number of carbonyl (C=O) groups is 1. The minimum atomic E-state index is -4.40. The lowest BCUT2D eigenvalue weighted by Gasteiger charge is -2.16. The molecule has 0 aromatic rings. The normalized spacial score (nSPS) is 14.4. The predicted molar refractivity (Wildman–Crippen MR) is 42.8 cm³/mol. The van der Waals surface area contributed by atoms with Gasteiger partial charge in [0, 0.05) is 0 Å². The molecule has 0 fully saturated rings. The lowest BCUT2D eigenvalue weighted by Crippen LogP contribution is -2.27. The van der Waals surface area contributed by atoms with Gasteiger partial charge in [-0.25, -0.2) is 0 Å². The van der Waals surface area contributed by atoms with Crippen LogP contribution in [0.2, 0.25) is 0 Å². The molecule has 1 unspecified atom stereocenters. The number of carboxylic acid groups (broad SMARTS) is 1. The van der Waals surface area contributed by atoms with E-state index < -0.39 is 31.3 Å². The van der Waals surface area contributed by atoms with Crippen LogP contribution in [-0.4, -0.2) is 30.5 Å². The van der Waals surface area contributed by atoms with Gasteiger partial charge in [-0.15, -0.1) is 0 Å². The number of alkyl halides is 3. The van der Waals surface area contributed by atoms with Crippen molar-refractivity contribution >= 4 is 5.97 Å². The van der Waals surface area contributed by atoms with Gasteiger partial charge in [0.05, 0.1) is 12.5 Å². The second-order valence-corrected chi connectivity index (χ2v) is 3.32. The average molecular weight is 214 g/mol. The highest BCUT2D eigenvalue weighted by molar-refractivity contribution is 5.70. The highest BCUT2D eigenvalue weighted by Gasteiger charge is 2.29. The molecule has 1 N–H and O–H groups in total. The van der Waals surface area contributed by atoms with Gasteiger partial charge in [0.1, 0.15) is 6.61 Å². The molecule has 6 heteroatoms. The first kappa shape index (κ1) is 13.2. The van der Waals surface area contributed by atoms with Crippen LogP contribution in [0.5, 0.6) is 0 Å². The SMILES string of the molecule is CC(C)C(COCC(F)(F)F)C(=O)O. The summed E-state index contributed by atoms with van der Waals surface area (Å²) in [4.78, 5) is 10.5. The van der Waals surface area contributed by atoms with E-state index in [1.54, 1.807) is 13.8 Å². The third kappa shape index (κ3) is 5.80. The molecule has 14 heavy (non-hydrogen) atoms. The molecule has 0 aliphatic carbocycles. The zero-order chi connectivity index (χ0) is 11.4. The van der Waals surface area contributed by atoms with Crippen molar-refractivity contribution in [3.05, 3.63) is 0 Å². The van der Waals surface area contributed by atoms with Gasteiger partial charge < -0.3 is 9.84 Å². The standard InChI is InChI=1S/C8H13F3O3/c1-5(2)6(7(12)13)3-14-4-8(9,10)11/h5-6H,3-4H2,1-2H3,(H,12,13). The zero-order valence-corrected chi connectivity index (χ0v) is 7.97. The first-order valence-corrected chi connectivity index (χ1v) is 4.11. The van der Waals surface area contributed by atoms with Crippen LogP contribution < -0.4 is 0 Å². The van der Waals surface area contributed by atoms with Crippen LogP contribution in [0.15, 0.2) is 0 Å². The molecule has 0 aromatic heterocycles. The number of halogens is 3. The third-order valence-electron chi connectivity index (χ3n) is 1.69. The van der Waals surface area contributed by atoms with Crippen LogP contribution in [-0.2, 0) is 9.53 Å². The molecular weight excluding hydrogens is 201 g/mol. The summed E-state index contributed by atoms with van der Waals surface area (Å²) >= 11 is 0. The molecular formula is C8H13F3O3. The first-order valence-electron chi connectivity index (χ1n) is 4.11. The number of carboxylic acids is 1. The molecule has 0 rings (SSSR count). The van der Waals surface area contributed by atoms with E-state index in [-0.39, 0.29) is 5.92 Å². The van der Waals surface area contributed by atoms with Crippen molar-refractivity contribution in [2.75, 3.05) is 13.2 Å². The Balaban J connectivity index is 3.90. The van der Waals surface area contributed by atoms with Gasteiger partial charge in [-0.2, -0.15) is 13.2 Å². The molecule has 0 heterocycles. The van der Waals surface area contributed by atoms with Gasteiger partial charge >= 0.3 is 12.1 Å². The van der Waals surface area contributed by atoms with Gasteiger partial charge in [-0.3, -0.25) is 4.79 Å². The second kappa shape index (κ2) is 5.19. The number of ether oxygens (including phenoxy) is 1. The highest BCUT2D eigenvalue weighted by Crippen LogP contribution is 2.17. The Labute approximate surface area is 79.9 Å².